The van der Waals surface area contributed by atoms with E-state index in [4.69, 9.17) is 11.6 Å². The number of amides is 1. The standard InChI is InChI=1S/C13H18ClN3O3/c1-8-5-11(17(19)20)9(14)6-10(8)15-7-12(18)16-13(2,3)4/h5-6,15H,7H2,1-4H3,(H,16,18). The van der Waals surface area contributed by atoms with Crippen molar-refractivity contribution in [1.29, 1.82) is 0 Å². The Morgan fingerprint density at radius 2 is 2.00 bits per heavy atom. The average Bonchev–Trinajstić information content (AvgIpc) is 2.27. The molecule has 0 atom stereocenters. The van der Waals surface area contributed by atoms with E-state index in [0.29, 0.717) is 11.3 Å². The summed E-state index contributed by atoms with van der Waals surface area (Å²) in [5, 5.41) is 16.5. The number of carbonyl (C=O) groups is 1. The molecule has 0 aromatic heterocycles. The number of nitrogens with one attached hydrogen (secondary N) is 2. The molecule has 0 bridgehead atoms. The fourth-order valence-corrected chi connectivity index (χ4v) is 1.87. The fraction of sp³-hybridized carbons (Fsp3) is 0.462. The first-order chi connectivity index (χ1) is 9.10. The van der Waals surface area contributed by atoms with Crippen molar-refractivity contribution in [3.05, 3.63) is 32.8 Å². The Morgan fingerprint density at radius 1 is 1.40 bits per heavy atom. The van der Waals surface area contributed by atoms with E-state index in [9.17, 15) is 14.9 Å². The number of carbonyl (C=O) groups excluding carboxylic acids is 1. The molecule has 0 radical (unpaired) electrons. The first-order valence-electron chi connectivity index (χ1n) is 6.09. The van der Waals surface area contributed by atoms with Crippen molar-refractivity contribution in [3.8, 4) is 0 Å². The third kappa shape index (κ3) is 4.70. The van der Waals surface area contributed by atoms with Gasteiger partial charge in [0.2, 0.25) is 5.91 Å². The Labute approximate surface area is 122 Å². The first-order valence-corrected chi connectivity index (χ1v) is 6.47. The number of aryl methyl sites for hydroxylation is 1. The zero-order valence-electron chi connectivity index (χ0n) is 11.9. The summed E-state index contributed by atoms with van der Waals surface area (Å²) in [6.45, 7) is 7.45. The summed E-state index contributed by atoms with van der Waals surface area (Å²) >= 11 is 5.84. The minimum absolute atomic E-state index is 0.0410. The van der Waals surface area contributed by atoms with Crippen LogP contribution in [-0.2, 0) is 4.79 Å². The maximum atomic E-state index is 11.7. The predicted molar refractivity (Wildman–Crippen MR) is 79.2 cm³/mol. The molecule has 0 fully saturated rings. The second-order valence-electron chi connectivity index (χ2n) is 5.53. The highest BCUT2D eigenvalue weighted by Crippen LogP contribution is 2.30. The van der Waals surface area contributed by atoms with Gasteiger partial charge in [-0.3, -0.25) is 14.9 Å². The number of hydrogen-bond acceptors (Lipinski definition) is 4. The number of nitro groups is 1. The third-order valence-electron chi connectivity index (χ3n) is 2.44. The van der Waals surface area contributed by atoms with Gasteiger partial charge in [0.05, 0.1) is 11.5 Å². The lowest BCUT2D eigenvalue weighted by molar-refractivity contribution is -0.384. The highest BCUT2D eigenvalue weighted by molar-refractivity contribution is 6.33. The van der Waals surface area contributed by atoms with E-state index in [1.165, 1.54) is 12.1 Å². The minimum atomic E-state index is -0.536. The Hall–Kier alpha value is -1.82. The van der Waals surface area contributed by atoms with Gasteiger partial charge in [0.1, 0.15) is 5.02 Å². The van der Waals surface area contributed by atoms with Gasteiger partial charge < -0.3 is 10.6 Å². The summed E-state index contributed by atoms with van der Waals surface area (Å²) in [4.78, 5) is 21.9. The Morgan fingerprint density at radius 3 is 2.50 bits per heavy atom. The number of benzene rings is 1. The van der Waals surface area contributed by atoms with Crippen LogP contribution in [0.2, 0.25) is 5.02 Å². The van der Waals surface area contributed by atoms with Crippen LogP contribution in [-0.4, -0.2) is 22.9 Å². The fourth-order valence-electron chi connectivity index (χ4n) is 1.63. The molecule has 2 N–H and O–H groups in total. The molecule has 0 heterocycles. The molecule has 1 aromatic carbocycles. The van der Waals surface area contributed by atoms with Crippen molar-refractivity contribution >= 4 is 28.9 Å². The minimum Gasteiger partial charge on any atom is -0.376 e. The SMILES string of the molecule is Cc1cc([N+](=O)[O-])c(Cl)cc1NCC(=O)NC(C)(C)C. The van der Waals surface area contributed by atoms with Crippen molar-refractivity contribution in [2.45, 2.75) is 33.2 Å². The van der Waals surface area contributed by atoms with Gasteiger partial charge in [-0.15, -0.1) is 0 Å². The molecule has 1 rings (SSSR count). The van der Waals surface area contributed by atoms with Gasteiger partial charge in [0.15, 0.2) is 0 Å². The van der Waals surface area contributed by atoms with E-state index in [1.54, 1.807) is 6.92 Å². The normalized spacial score (nSPS) is 11.1. The van der Waals surface area contributed by atoms with Crippen LogP contribution in [0.4, 0.5) is 11.4 Å². The highest BCUT2D eigenvalue weighted by Gasteiger charge is 2.16. The summed E-state index contributed by atoms with van der Waals surface area (Å²) in [6, 6.07) is 2.84. The molecule has 1 aromatic rings. The Kier molecular flexibility index (Phi) is 4.94. The van der Waals surface area contributed by atoms with E-state index in [-0.39, 0.29) is 28.7 Å². The number of anilines is 1. The molecule has 0 aliphatic heterocycles. The van der Waals surface area contributed by atoms with Crippen LogP contribution in [0.15, 0.2) is 12.1 Å². The largest absolute Gasteiger partial charge is 0.376 e. The highest BCUT2D eigenvalue weighted by atomic mass is 35.5. The Bertz CT molecular complexity index is 538. The van der Waals surface area contributed by atoms with Gasteiger partial charge in [0.25, 0.3) is 5.69 Å². The number of nitrogens with zero attached hydrogens (tertiary/aromatic N) is 1. The zero-order valence-corrected chi connectivity index (χ0v) is 12.7. The molecule has 0 saturated heterocycles. The molecule has 0 unspecified atom stereocenters. The van der Waals surface area contributed by atoms with Gasteiger partial charge >= 0.3 is 0 Å². The van der Waals surface area contributed by atoms with Crippen molar-refractivity contribution in [3.63, 3.8) is 0 Å². The molecule has 7 heteroatoms. The second kappa shape index (κ2) is 6.09. The number of hydrogen-bond donors (Lipinski definition) is 2. The van der Waals surface area contributed by atoms with Gasteiger partial charge in [-0.25, -0.2) is 0 Å². The quantitative estimate of drug-likeness (QED) is 0.661. The van der Waals surface area contributed by atoms with Crippen molar-refractivity contribution < 1.29 is 9.72 Å². The summed E-state index contributed by atoms with van der Waals surface area (Å²) in [5.41, 5.74) is 0.809. The number of rotatable bonds is 4. The van der Waals surface area contributed by atoms with E-state index >= 15 is 0 Å². The number of halogens is 1. The smallest absolute Gasteiger partial charge is 0.288 e. The average molecular weight is 300 g/mol. The van der Waals surface area contributed by atoms with E-state index in [2.05, 4.69) is 10.6 Å². The lowest BCUT2D eigenvalue weighted by atomic mass is 10.1. The van der Waals surface area contributed by atoms with Crippen molar-refractivity contribution in [2.75, 3.05) is 11.9 Å². The van der Waals surface area contributed by atoms with Gasteiger partial charge in [-0.05, 0) is 39.3 Å². The van der Waals surface area contributed by atoms with Crippen LogP contribution in [0.3, 0.4) is 0 Å². The maximum Gasteiger partial charge on any atom is 0.288 e. The predicted octanol–water partition coefficient (Wildman–Crippen LogP) is 2.88. The molecular formula is C13H18ClN3O3. The molecular weight excluding hydrogens is 282 g/mol. The second-order valence-corrected chi connectivity index (χ2v) is 5.93. The monoisotopic (exact) mass is 299 g/mol. The molecule has 0 spiro atoms. The van der Waals surface area contributed by atoms with Crippen LogP contribution in [0.5, 0.6) is 0 Å². The molecule has 0 aliphatic rings. The van der Waals surface area contributed by atoms with Crippen LogP contribution in [0, 0.1) is 17.0 Å². The van der Waals surface area contributed by atoms with Crippen molar-refractivity contribution in [2.24, 2.45) is 0 Å². The van der Waals surface area contributed by atoms with Crippen molar-refractivity contribution in [1.82, 2.24) is 5.32 Å². The summed E-state index contributed by atoms with van der Waals surface area (Å²) < 4.78 is 0. The van der Waals surface area contributed by atoms with Gasteiger partial charge in [-0.1, -0.05) is 11.6 Å². The third-order valence-corrected chi connectivity index (χ3v) is 2.75. The van der Waals surface area contributed by atoms with Gasteiger partial charge in [-0.2, -0.15) is 0 Å². The van der Waals surface area contributed by atoms with Crippen LogP contribution in [0.25, 0.3) is 0 Å². The summed E-state index contributed by atoms with van der Waals surface area (Å²) in [6.07, 6.45) is 0. The topological polar surface area (TPSA) is 84.3 Å². The molecule has 6 nitrogen and oxygen atoms in total. The van der Waals surface area contributed by atoms with E-state index < -0.39 is 4.92 Å². The lowest BCUT2D eigenvalue weighted by Crippen LogP contribution is -2.43. The molecule has 0 aliphatic carbocycles. The van der Waals surface area contributed by atoms with Crippen LogP contribution < -0.4 is 10.6 Å². The van der Waals surface area contributed by atoms with Gasteiger partial charge in [0, 0.05) is 17.3 Å². The van der Waals surface area contributed by atoms with Crippen LogP contribution in [0.1, 0.15) is 26.3 Å². The van der Waals surface area contributed by atoms with E-state index in [0.717, 1.165) is 0 Å². The Balaban J connectivity index is 2.77. The zero-order chi connectivity index (χ0) is 15.5. The first kappa shape index (κ1) is 16.2. The molecule has 0 saturated carbocycles. The summed E-state index contributed by atoms with van der Waals surface area (Å²) in [5.74, 6) is -0.161. The molecule has 110 valence electrons. The lowest BCUT2D eigenvalue weighted by Gasteiger charge is -2.21. The van der Waals surface area contributed by atoms with Crippen LogP contribution >= 0.6 is 11.6 Å². The maximum absolute atomic E-state index is 11.7. The molecule has 1 amide bonds. The number of nitro benzene ring substituents is 1. The summed E-state index contributed by atoms with van der Waals surface area (Å²) in [7, 11) is 0. The van der Waals surface area contributed by atoms with E-state index in [1.807, 2.05) is 20.8 Å². The molecule has 20 heavy (non-hydrogen) atoms.